The predicted octanol–water partition coefficient (Wildman–Crippen LogP) is 2.26. The van der Waals surface area contributed by atoms with Gasteiger partial charge in [0.25, 0.3) is 5.91 Å². The molecule has 0 atom stereocenters. The van der Waals surface area contributed by atoms with Crippen LogP contribution in [0.1, 0.15) is 23.7 Å². The molecular formula is C15H14ClFN4O3. The first-order chi connectivity index (χ1) is 11.4. The van der Waals surface area contributed by atoms with Gasteiger partial charge in [-0.1, -0.05) is 30.7 Å². The zero-order chi connectivity index (χ0) is 17.7. The Morgan fingerprint density at radius 1 is 1.33 bits per heavy atom. The third-order valence-electron chi connectivity index (χ3n) is 2.98. The number of rotatable bonds is 4. The van der Waals surface area contributed by atoms with E-state index in [1.807, 2.05) is 6.92 Å². The average molecular weight is 353 g/mol. The molecule has 0 radical (unpaired) electrons. The summed E-state index contributed by atoms with van der Waals surface area (Å²) >= 11 is 5.88. The topological polar surface area (TPSA) is 93.1 Å². The van der Waals surface area contributed by atoms with Crippen molar-refractivity contribution in [1.82, 2.24) is 14.9 Å². The van der Waals surface area contributed by atoms with Crippen LogP contribution in [0.5, 0.6) is 0 Å². The first kappa shape index (κ1) is 17.6. The van der Waals surface area contributed by atoms with Gasteiger partial charge in [0.1, 0.15) is 0 Å². The summed E-state index contributed by atoms with van der Waals surface area (Å²) in [5, 5.41) is 4.75. The molecule has 24 heavy (non-hydrogen) atoms. The summed E-state index contributed by atoms with van der Waals surface area (Å²) in [6.45, 7) is 2.16. The van der Waals surface area contributed by atoms with Crippen molar-refractivity contribution >= 4 is 29.4 Å². The Hall–Kier alpha value is -2.74. The second-order valence-corrected chi connectivity index (χ2v) is 5.16. The molecule has 9 heteroatoms. The van der Waals surface area contributed by atoms with E-state index in [2.05, 4.69) is 15.6 Å². The normalized spacial score (nSPS) is 10.3. The van der Waals surface area contributed by atoms with E-state index in [9.17, 15) is 18.8 Å². The van der Waals surface area contributed by atoms with Gasteiger partial charge in [0.15, 0.2) is 11.6 Å². The Balaban J connectivity index is 2.25. The predicted molar refractivity (Wildman–Crippen MR) is 86.9 cm³/mol. The van der Waals surface area contributed by atoms with Crippen LogP contribution in [-0.2, 0) is 0 Å². The van der Waals surface area contributed by atoms with Gasteiger partial charge >= 0.3 is 11.7 Å². The Kier molecular flexibility index (Phi) is 5.64. The molecule has 0 saturated heterocycles. The van der Waals surface area contributed by atoms with Gasteiger partial charge in [-0.3, -0.25) is 4.79 Å². The molecule has 2 aromatic rings. The lowest BCUT2D eigenvalue weighted by Crippen LogP contribution is -2.38. The van der Waals surface area contributed by atoms with Gasteiger partial charge < -0.3 is 10.6 Å². The molecule has 2 rings (SSSR count). The molecule has 126 valence electrons. The standard InChI is InChI=1S/C15H14ClFN4O3/c1-2-7-18-14(23)21-8-11(17)12(20-15(21)24)19-13(22)9-5-3-4-6-10(9)16/h3-6,8H,2,7H2,1H3,(H,18,23)(H,19,20,22,24). The molecule has 7 nitrogen and oxygen atoms in total. The molecule has 1 aromatic carbocycles. The maximum absolute atomic E-state index is 14.0. The molecule has 0 aliphatic carbocycles. The number of halogens is 2. The zero-order valence-electron chi connectivity index (χ0n) is 12.7. The van der Waals surface area contributed by atoms with E-state index in [0.717, 1.165) is 0 Å². The number of benzene rings is 1. The van der Waals surface area contributed by atoms with Crippen molar-refractivity contribution < 1.29 is 14.0 Å². The van der Waals surface area contributed by atoms with Crippen molar-refractivity contribution in [3.8, 4) is 0 Å². The van der Waals surface area contributed by atoms with Crippen molar-refractivity contribution in [1.29, 1.82) is 0 Å². The highest BCUT2D eigenvalue weighted by molar-refractivity contribution is 6.34. The number of carbonyl (C=O) groups is 2. The summed E-state index contributed by atoms with van der Waals surface area (Å²) in [5.41, 5.74) is -0.912. The van der Waals surface area contributed by atoms with Crippen molar-refractivity contribution in [2.75, 3.05) is 11.9 Å². The van der Waals surface area contributed by atoms with Crippen LogP contribution >= 0.6 is 11.6 Å². The van der Waals surface area contributed by atoms with Crippen molar-refractivity contribution in [2.45, 2.75) is 13.3 Å². The van der Waals surface area contributed by atoms with Crippen LogP contribution in [0.15, 0.2) is 35.3 Å². The number of anilines is 1. The summed E-state index contributed by atoms with van der Waals surface area (Å²) in [7, 11) is 0. The number of hydrogen-bond acceptors (Lipinski definition) is 4. The van der Waals surface area contributed by atoms with E-state index in [-0.39, 0.29) is 10.6 Å². The lowest BCUT2D eigenvalue weighted by atomic mass is 10.2. The molecular weight excluding hydrogens is 339 g/mol. The third-order valence-corrected chi connectivity index (χ3v) is 3.31. The van der Waals surface area contributed by atoms with Crippen LogP contribution in [0.4, 0.5) is 15.0 Å². The van der Waals surface area contributed by atoms with Crippen LogP contribution in [0, 0.1) is 5.82 Å². The first-order valence-electron chi connectivity index (χ1n) is 7.07. The lowest BCUT2D eigenvalue weighted by molar-refractivity contribution is 0.102. The maximum atomic E-state index is 14.0. The van der Waals surface area contributed by atoms with Gasteiger partial charge in [0.2, 0.25) is 0 Å². The van der Waals surface area contributed by atoms with Crippen LogP contribution in [0.2, 0.25) is 5.02 Å². The van der Waals surface area contributed by atoms with Gasteiger partial charge in [-0.15, -0.1) is 0 Å². The molecule has 0 aliphatic rings. The summed E-state index contributed by atoms with van der Waals surface area (Å²) in [4.78, 5) is 39.0. The minimum atomic E-state index is -1.03. The van der Waals surface area contributed by atoms with Crippen LogP contribution in [-0.4, -0.2) is 28.0 Å². The van der Waals surface area contributed by atoms with Crippen molar-refractivity contribution in [2.24, 2.45) is 0 Å². The molecule has 0 aliphatic heterocycles. The Morgan fingerprint density at radius 3 is 2.71 bits per heavy atom. The number of carbonyl (C=O) groups excluding carboxylic acids is 2. The Bertz CT molecular complexity index is 838. The van der Waals surface area contributed by atoms with Crippen LogP contribution < -0.4 is 16.3 Å². The van der Waals surface area contributed by atoms with Gasteiger partial charge in [-0.2, -0.15) is 4.98 Å². The summed E-state index contributed by atoms with van der Waals surface area (Å²) in [6.07, 6.45) is 1.32. The summed E-state index contributed by atoms with van der Waals surface area (Å²) < 4.78 is 14.5. The van der Waals surface area contributed by atoms with E-state index in [0.29, 0.717) is 23.7 Å². The Labute approximate surface area is 141 Å². The fourth-order valence-corrected chi connectivity index (χ4v) is 2.02. The first-order valence-corrected chi connectivity index (χ1v) is 7.45. The number of amides is 2. The maximum Gasteiger partial charge on any atom is 0.358 e. The second kappa shape index (κ2) is 7.69. The SMILES string of the molecule is CCCNC(=O)n1cc(F)c(NC(=O)c2ccccc2Cl)nc1=O. The van der Waals surface area contributed by atoms with E-state index in [1.54, 1.807) is 12.1 Å². The second-order valence-electron chi connectivity index (χ2n) is 4.76. The van der Waals surface area contributed by atoms with E-state index in [1.165, 1.54) is 12.1 Å². The minimum absolute atomic E-state index is 0.102. The highest BCUT2D eigenvalue weighted by Gasteiger charge is 2.17. The molecule has 0 saturated carbocycles. The Morgan fingerprint density at radius 2 is 2.04 bits per heavy atom. The largest absolute Gasteiger partial charge is 0.358 e. The molecule has 0 bridgehead atoms. The fourth-order valence-electron chi connectivity index (χ4n) is 1.80. The lowest BCUT2D eigenvalue weighted by Gasteiger charge is -2.09. The van der Waals surface area contributed by atoms with Crippen molar-refractivity contribution in [3.05, 3.63) is 57.3 Å². The summed E-state index contributed by atoms with van der Waals surface area (Å²) in [6, 6.07) is 5.36. The number of aromatic nitrogens is 2. The summed E-state index contributed by atoms with van der Waals surface area (Å²) in [5.74, 6) is -2.33. The zero-order valence-corrected chi connectivity index (χ0v) is 13.4. The van der Waals surface area contributed by atoms with Gasteiger partial charge in [-0.05, 0) is 18.6 Å². The average Bonchev–Trinajstić information content (AvgIpc) is 2.56. The van der Waals surface area contributed by atoms with Crippen LogP contribution in [0.25, 0.3) is 0 Å². The van der Waals surface area contributed by atoms with Gasteiger partial charge in [0, 0.05) is 6.54 Å². The fraction of sp³-hybridized carbons (Fsp3) is 0.200. The van der Waals surface area contributed by atoms with Crippen LogP contribution in [0.3, 0.4) is 0 Å². The minimum Gasteiger partial charge on any atom is -0.337 e. The highest BCUT2D eigenvalue weighted by atomic mass is 35.5. The third kappa shape index (κ3) is 3.96. The van der Waals surface area contributed by atoms with Gasteiger partial charge in [-0.25, -0.2) is 18.5 Å². The number of nitrogens with zero attached hydrogens (tertiary/aromatic N) is 2. The van der Waals surface area contributed by atoms with Gasteiger partial charge in [0.05, 0.1) is 16.8 Å². The van der Waals surface area contributed by atoms with E-state index in [4.69, 9.17) is 11.6 Å². The molecule has 0 spiro atoms. The molecule has 2 N–H and O–H groups in total. The molecule has 0 fully saturated rings. The highest BCUT2D eigenvalue weighted by Crippen LogP contribution is 2.17. The van der Waals surface area contributed by atoms with E-state index >= 15 is 0 Å². The molecule has 1 heterocycles. The monoisotopic (exact) mass is 352 g/mol. The smallest absolute Gasteiger partial charge is 0.337 e. The number of nitrogens with one attached hydrogen (secondary N) is 2. The van der Waals surface area contributed by atoms with E-state index < -0.39 is 29.3 Å². The quantitative estimate of drug-likeness (QED) is 0.882. The molecule has 1 aromatic heterocycles. The van der Waals surface area contributed by atoms with Crippen molar-refractivity contribution in [3.63, 3.8) is 0 Å². The molecule has 2 amide bonds. The number of hydrogen-bond donors (Lipinski definition) is 2. The molecule has 0 unspecified atom stereocenters.